The lowest BCUT2D eigenvalue weighted by molar-refractivity contribution is 0.116. The molecule has 0 bridgehead atoms. The van der Waals surface area contributed by atoms with E-state index >= 15 is 0 Å². The van der Waals surface area contributed by atoms with E-state index in [0.717, 1.165) is 48.6 Å². The number of aliphatic hydroxyl groups is 1. The van der Waals surface area contributed by atoms with Crippen molar-refractivity contribution in [2.24, 2.45) is 7.05 Å². The minimum atomic E-state index is -0.105. The Kier molecular flexibility index (Phi) is 6.79. The minimum absolute atomic E-state index is 0. The lowest BCUT2D eigenvalue weighted by atomic mass is 9.93. The molecule has 2 rings (SSSR count). The van der Waals surface area contributed by atoms with Gasteiger partial charge < -0.3 is 10.4 Å². The predicted octanol–water partition coefficient (Wildman–Crippen LogP) is 3.01. The van der Waals surface area contributed by atoms with Crippen LogP contribution in [-0.4, -0.2) is 27.0 Å². The van der Waals surface area contributed by atoms with E-state index in [0.29, 0.717) is 12.0 Å². The second-order valence-corrected chi connectivity index (χ2v) is 6.18. The molecule has 1 aliphatic carbocycles. The molecule has 0 aromatic carbocycles. The second-order valence-electron chi connectivity index (χ2n) is 5.82. The van der Waals surface area contributed by atoms with Crippen molar-refractivity contribution >= 4 is 24.0 Å². The minimum Gasteiger partial charge on any atom is -0.393 e. The first-order chi connectivity index (χ1) is 8.99. The summed E-state index contributed by atoms with van der Waals surface area (Å²) in [6.07, 6.45) is 3.77. The zero-order valence-electron chi connectivity index (χ0n) is 12.4. The first-order valence-corrected chi connectivity index (χ1v) is 7.49. The largest absolute Gasteiger partial charge is 0.393 e. The number of aliphatic hydroxyl groups excluding tert-OH is 1. The highest BCUT2D eigenvalue weighted by Gasteiger charge is 2.21. The van der Waals surface area contributed by atoms with Crippen molar-refractivity contribution in [3.05, 3.63) is 16.4 Å². The summed E-state index contributed by atoms with van der Waals surface area (Å²) in [7, 11) is 1.88. The lowest BCUT2D eigenvalue weighted by Crippen LogP contribution is -2.34. The standard InChI is InChI=1S/C14H24ClN3O.ClH/c1-9(2)13-12(14(15)18(3)17-13)8-16-10-4-6-11(19)7-5-10;/h9-11,16,19H,4-8H2,1-3H3;1H. The molecular weight excluding hydrogens is 297 g/mol. The highest BCUT2D eigenvalue weighted by atomic mass is 35.5. The molecule has 4 nitrogen and oxygen atoms in total. The molecule has 20 heavy (non-hydrogen) atoms. The van der Waals surface area contributed by atoms with Crippen molar-refractivity contribution in [2.75, 3.05) is 0 Å². The van der Waals surface area contributed by atoms with Crippen LogP contribution >= 0.6 is 24.0 Å². The first kappa shape index (κ1) is 17.8. The van der Waals surface area contributed by atoms with Gasteiger partial charge in [-0.25, -0.2) is 0 Å². The van der Waals surface area contributed by atoms with Gasteiger partial charge in [-0.05, 0) is 31.6 Å². The number of nitrogens with one attached hydrogen (secondary N) is 1. The molecule has 0 saturated heterocycles. The van der Waals surface area contributed by atoms with Crippen molar-refractivity contribution in [1.82, 2.24) is 15.1 Å². The normalized spacial score (nSPS) is 22.9. The van der Waals surface area contributed by atoms with E-state index in [-0.39, 0.29) is 18.5 Å². The summed E-state index contributed by atoms with van der Waals surface area (Å²) in [5.41, 5.74) is 2.20. The number of hydrogen-bond acceptors (Lipinski definition) is 3. The molecule has 0 amide bonds. The third kappa shape index (κ3) is 4.10. The van der Waals surface area contributed by atoms with Gasteiger partial charge in [0, 0.05) is 25.2 Å². The molecule has 1 aliphatic rings. The maximum absolute atomic E-state index is 9.51. The van der Waals surface area contributed by atoms with Crippen LogP contribution < -0.4 is 5.32 Å². The van der Waals surface area contributed by atoms with Gasteiger partial charge in [-0.3, -0.25) is 4.68 Å². The van der Waals surface area contributed by atoms with Crippen LogP contribution in [0.1, 0.15) is 56.7 Å². The Balaban J connectivity index is 0.00000200. The Morgan fingerprint density at radius 2 is 1.95 bits per heavy atom. The summed E-state index contributed by atoms with van der Waals surface area (Å²) < 4.78 is 1.75. The zero-order valence-corrected chi connectivity index (χ0v) is 14.0. The Hall–Kier alpha value is -0.290. The lowest BCUT2D eigenvalue weighted by Gasteiger charge is -2.26. The van der Waals surface area contributed by atoms with Crippen molar-refractivity contribution in [1.29, 1.82) is 0 Å². The molecule has 0 unspecified atom stereocenters. The van der Waals surface area contributed by atoms with E-state index in [4.69, 9.17) is 11.6 Å². The Bertz CT molecular complexity index is 426. The van der Waals surface area contributed by atoms with Crippen LogP contribution in [0.25, 0.3) is 0 Å². The molecule has 0 atom stereocenters. The van der Waals surface area contributed by atoms with Crippen LogP contribution in [0.5, 0.6) is 0 Å². The number of rotatable bonds is 4. The molecule has 1 aromatic rings. The Morgan fingerprint density at radius 3 is 2.50 bits per heavy atom. The van der Waals surface area contributed by atoms with Crippen LogP contribution in [0.3, 0.4) is 0 Å². The summed E-state index contributed by atoms with van der Waals surface area (Å²) >= 11 is 6.32. The number of aryl methyl sites for hydroxylation is 1. The average molecular weight is 322 g/mol. The highest BCUT2D eigenvalue weighted by molar-refractivity contribution is 6.30. The molecule has 0 aliphatic heterocycles. The fraction of sp³-hybridized carbons (Fsp3) is 0.786. The summed E-state index contributed by atoms with van der Waals surface area (Å²) in [5, 5.41) is 18.3. The molecule has 1 aromatic heterocycles. The van der Waals surface area contributed by atoms with E-state index in [1.165, 1.54) is 0 Å². The summed E-state index contributed by atoms with van der Waals surface area (Å²) in [5.74, 6) is 0.378. The Labute approximate surface area is 132 Å². The van der Waals surface area contributed by atoms with Gasteiger partial charge >= 0.3 is 0 Å². The van der Waals surface area contributed by atoms with Gasteiger partial charge in [0.05, 0.1) is 11.8 Å². The van der Waals surface area contributed by atoms with Crippen LogP contribution in [-0.2, 0) is 13.6 Å². The van der Waals surface area contributed by atoms with Crippen molar-refractivity contribution in [3.63, 3.8) is 0 Å². The predicted molar refractivity (Wildman–Crippen MR) is 84.7 cm³/mol. The van der Waals surface area contributed by atoms with Crippen molar-refractivity contribution in [2.45, 2.75) is 64.1 Å². The van der Waals surface area contributed by atoms with E-state index in [2.05, 4.69) is 24.3 Å². The monoisotopic (exact) mass is 321 g/mol. The van der Waals surface area contributed by atoms with Gasteiger partial charge in [0.15, 0.2) is 0 Å². The fourth-order valence-corrected chi connectivity index (χ4v) is 2.92. The number of halogens is 2. The second kappa shape index (κ2) is 7.64. The summed E-state index contributed by atoms with van der Waals surface area (Å²) in [4.78, 5) is 0. The van der Waals surface area contributed by atoms with Crippen LogP contribution in [0.2, 0.25) is 5.15 Å². The molecule has 1 fully saturated rings. The third-order valence-electron chi connectivity index (χ3n) is 3.91. The number of hydrogen-bond donors (Lipinski definition) is 2. The maximum Gasteiger partial charge on any atom is 0.131 e. The molecule has 0 radical (unpaired) electrons. The molecule has 1 saturated carbocycles. The molecule has 2 N–H and O–H groups in total. The van der Waals surface area contributed by atoms with Gasteiger partial charge in [-0.1, -0.05) is 25.4 Å². The topological polar surface area (TPSA) is 50.1 Å². The van der Waals surface area contributed by atoms with Crippen LogP contribution in [0.15, 0.2) is 0 Å². The Morgan fingerprint density at radius 1 is 1.35 bits per heavy atom. The third-order valence-corrected chi connectivity index (χ3v) is 4.38. The van der Waals surface area contributed by atoms with E-state index in [1.807, 2.05) is 7.05 Å². The van der Waals surface area contributed by atoms with Gasteiger partial charge in [0.2, 0.25) is 0 Å². The highest BCUT2D eigenvalue weighted by Crippen LogP contribution is 2.26. The summed E-state index contributed by atoms with van der Waals surface area (Å²) in [6.45, 7) is 5.04. The molecule has 1 heterocycles. The van der Waals surface area contributed by atoms with Gasteiger partial charge in [0.25, 0.3) is 0 Å². The fourth-order valence-electron chi connectivity index (χ4n) is 2.72. The first-order valence-electron chi connectivity index (χ1n) is 7.11. The van der Waals surface area contributed by atoms with Crippen molar-refractivity contribution < 1.29 is 5.11 Å². The van der Waals surface area contributed by atoms with Crippen molar-refractivity contribution in [3.8, 4) is 0 Å². The number of nitrogens with zero attached hydrogens (tertiary/aromatic N) is 2. The van der Waals surface area contributed by atoms with E-state index in [9.17, 15) is 5.11 Å². The zero-order chi connectivity index (χ0) is 14.0. The number of aromatic nitrogens is 2. The van der Waals surface area contributed by atoms with Gasteiger partial charge in [-0.2, -0.15) is 5.10 Å². The van der Waals surface area contributed by atoms with Crippen LogP contribution in [0, 0.1) is 0 Å². The molecule has 116 valence electrons. The van der Waals surface area contributed by atoms with E-state index in [1.54, 1.807) is 4.68 Å². The molecule has 6 heteroatoms. The molecule has 0 spiro atoms. The average Bonchev–Trinajstić information content (AvgIpc) is 2.66. The quantitative estimate of drug-likeness (QED) is 0.896. The van der Waals surface area contributed by atoms with Crippen LogP contribution in [0.4, 0.5) is 0 Å². The van der Waals surface area contributed by atoms with Gasteiger partial charge in [0.1, 0.15) is 5.15 Å². The smallest absolute Gasteiger partial charge is 0.131 e. The van der Waals surface area contributed by atoms with Gasteiger partial charge in [-0.15, -0.1) is 12.4 Å². The van der Waals surface area contributed by atoms with E-state index < -0.39 is 0 Å². The SMILES string of the molecule is CC(C)c1nn(C)c(Cl)c1CNC1CCC(O)CC1.Cl. The molecular formula is C14H25Cl2N3O. The summed E-state index contributed by atoms with van der Waals surface area (Å²) in [6, 6.07) is 0.486. The maximum atomic E-state index is 9.51.